The minimum absolute atomic E-state index is 0. The highest BCUT2D eigenvalue weighted by Gasteiger charge is 2.44. The number of hydrogen-bond acceptors (Lipinski definition) is 3. The summed E-state index contributed by atoms with van der Waals surface area (Å²) in [4.78, 5) is 2.52. The molecule has 1 N–H and O–H groups in total. The van der Waals surface area contributed by atoms with E-state index in [1.807, 2.05) is 6.92 Å². The van der Waals surface area contributed by atoms with Crippen LogP contribution in [-0.2, 0) is 0 Å². The molecular weight excluding hydrogens is 321 g/mol. The van der Waals surface area contributed by atoms with Crippen molar-refractivity contribution in [2.45, 2.75) is 24.0 Å². The molecule has 1 atom stereocenters. The maximum absolute atomic E-state index is 13.4. The third kappa shape index (κ3) is 5.06. The SMILES string of the molecule is CCSc1ccc([C@@H](N2CCNCC2)C(F)(F)F)cc1.Cl. The van der Waals surface area contributed by atoms with Gasteiger partial charge in [-0.1, -0.05) is 19.1 Å². The van der Waals surface area contributed by atoms with Crippen molar-refractivity contribution >= 4 is 24.2 Å². The maximum atomic E-state index is 13.4. The van der Waals surface area contributed by atoms with Gasteiger partial charge in [-0.05, 0) is 23.4 Å². The molecule has 1 saturated heterocycles. The molecular formula is C14H20ClF3N2S. The molecule has 7 heteroatoms. The Morgan fingerprint density at radius 1 is 1.19 bits per heavy atom. The van der Waals surface area contributed by atoms with Gasteiger partial charge in [0.25, 0.3) is 0 Å². The van der Waals surface area contributed by atoms with E-state index >= 15 is 0 Å². The van der Waals surface area contributed by atoms with E-state index in [1.165, 1.54) is 4.90 Å². The van der Waals surface area contributed by atoms with E-state index in [-0.39, 0.29) is 12.4 Å². The van der Waals surface area contributed by atoms with Gasteiger partial charge in [0, 0.05) is 31.1 Å². The number of piperazine rings is 1. The Morgan fingerprint density at radius 3 is 2.24 bits per heavy atom. The second kappa shape index (κ2) is 8.27. The van der Waals surface area contributed by atoms with Gasteiger partial charge in [0.1, 0.15) is 6.04 Å². The Kier molecular flexibility index (Phi) is 7.33. The van der Waals surface area contributed by atoms with Crippen LogP contribution in [0.15, 0.2) is 29.2 Å². The lowest BCUT2D eigenvalue weighted by molar-refractivity contribution is -0.187. The van der Waals surface area contributed by atoms with Gasteiger partial charge in [-0.15, -0.1) is 24.2 Å². The molecule has 0 aliphatic carbocycles. The molecule has 0 bridgehead atoms. The van der Waals surface area contributed by atoms with Gasteiger partial charge < -0.3 is 5.32 Å². The predicted octanol–water partition coefficient (Wildman–Crippen LogP) is 3.73. The molecule has 1 heterocycles. The standard InChI is InChI=1S/C14H19F3N2S.ClH/c1-2-20-12-5-3-11(4-6-12)13(14(15,16)17)19-9-7-18-8-10-19;/h3-6,13,18H,2,7-10H2,1H3;1H/t13-;/m1./s1. The molecule has 1 fully saturated rings. The van der Waals surface area contributed by atoms with Crippen LogP contribution in [0.3, 0.4) is 0 Å². The van der Waals surface area contributed by atoms with Gasteiger partial charge in [0.15, 0.2) is 0 Å². The average molecular weight is 341 g/mol. The third-order valence-electron chi connectivity index (χ3n) is 3.33. The van der Waals surface area contributed by atoms with E-state index in [1.54, 1.807) is 36.0 Å². The predicted molar refractivity (Wildman–Crippen MR) is 83.3 cm³/mol. The number of nitrogens with zero attached hydrogens (tertiary/aromatic N) is 1. The summed E-state index contributed by atoms with van der Waals surface area (Å²) in [6.07, 6.45) is -4.24. The number of alkyl halides is 3. The Bertz CT molecular complexity index is 419. The number of nitrogens with one attached hydrogen (secondary N) is 1. The third-order valence-corrected chi connectivity index (χ3v) is 4.23. The number of halogens is 4. The lowest BCUT2D eigenvalue weighted by atomic mass is 10.0. The van der Waals surface area contributed by atoms with Crippen molar-refractivity contribution in [3.05, 3.63) is 29.8 Å². The minimum Gasteiger partial charge on any atom is -0.314 e. The fraction of sp³-hybridized carbons (Fsp3) is 0.571. The molecule has 21 heavy (non-hydrogen) atoms. The van der Waals surface area contributed by atoms with Crippen LogP contribution in [0.25, 0.3) is 0 Å². The van der Waals surface area contributed by atoms with E-state index in [9.17, 15) is 13.2 Å². The monoisotopic (exact) mass is 340 g/mol. The first-order chi connectivity index (χ1) is 9.52. The van der Waals surface area contributed by atoms with E-state index in [0.717, 1.165) is 10.6 Å². The van der Waals surface area contributed by atoms with Crippen LogP contribution in [0.4, 0.5) is 13.2 Å². The van der Waals surface area contributed by atoms with Gasteiger partial charge in [-0.3, -0.25) is 4.90 Å². The molecule has 2 rings (SSSR count). The molecule has 0 radical (unpaired) electrons. The number of hydrogen-bond donors (Lipinski definition) is 1. The molecule has 1 aromatic carbocycles. The van der Waals surface area contributed by atoms with E-state index in [4.69, 9.17) is 0 Å². The van der Waals surface area contributed by atoms with E-state index in [2.05, 4.69) is 5.32 Å². The summed E-state index contributed by atoms with van der Waals surface area (Å²) in [6.45, 7) is 4.09. The first-order valence-electron chi connectivity index (χ1n) is 6.76. The average Bonchev–Trinajstić information content (AvgIpc) is 2.41. The van der Waals surface area contributed by atoms with Crippen LogP contribution in [-0.4, -0.2) is 43.0 Å². The Morgan fingerprint density at radius 2 is 1.76 bits per heavy atom. The summed E-state index contributed by atoms with van der Waals surface area (Å²) in [7, 11) is 0. The van der Waals surface area contributed by atoms with Crippen LogP contribution < -0.4 is 5.32 Å². The Balaban J connectivity index is 0.00000220. The van der Waals surface area contributed by atoms with Crippen molar-refractivity contribution in [2.75, 3.05) is 31.9 Å². The van der Waals surface area contributed by atoms with Crippen molar-refractivity contribution in [3.8, 4) is 0 Å². The molecule has 1 aromatic rings. The molecule has 0 amide bonds. The van der Waals surface area contributed by atoms with Gasteiger partial charge in [0.05, 0.1) is 0 Å². The van der Waals surface area contributed by atoms with Crippen LogP contribution in [0.1, 0.15) is 18.5 Å². The van der Waals surface area contributed by atoms with Crippen LogP contribution >= 0.6 is 24.2 Å². The smallest absolute Gasteiger partial charge is 0.314 e. The summed E-state index contributed by atoms with van der Waals surface area (Å²) in [5, 5.41) is 3.09. The lowest BCUT2D eigenvalue weighted by Gasteiger charge is -2.36. The topological polar surface area (TPSA) is 15.3 Å². The molecule has 120 valence electrons. The van der Waals surface area contributed by atoms with Crippen LogP contribution in [0.2, 0.25) is 0 Å². The maximum Gasteiger partial charge on any atom is 0.408 e. The van der Waals surface area contributed by atoms with Crippen molar-refractivity contribution in [3.63, 3.8) is 0 Å². The summed E-state index contributed by atoms with van der Waals surface area (Å²) < 4.78 is 40.1. The largest absolute Gasteiger partial charge is 0.408 e. The molecule has 1 aliphatic heterocycles. The van der Waals surface area contributed by atoms with Gasteiger partial charge in [0.2, 0.25) is 0 Å². The van der Waals surface area contributed by atoms with E-state index in [0.29, 0.717) is 31.7 Å². The zero-order chi connectivity index (χ0) is 14.6. The Hall–Kier alpha value is -0.430. The summed E-state index contributed by atoms with van der Waals surface area (Å²) in [6, 6.07) is 5.29. The fourth-order valence-electron chi connectivity index (χ4n) is 2.46. The Labute approximate surface area is 133 Å². The zero-order valence-electron chi connectivity index (χ0n) is 11.8. The highest BCUT2D eigenvalue weighted by Crippen LogP contribution is 2.38. The number of thioether (sulfide) groups is 1. The molecule has 0 saturated carbocycles. The minimum atomic E-state index is -4.24. The highest BCUT2D eigenvalue weighted by molar-refractivity contribution is 7.99. The molecule has 0 spiro atoms. The van der Waals surface area contributed by atoms with Crippen molar-refractivity contribution < 1.29 is 13.2 Å². The highest BCUT2D eigenvalue weighted by atomic mass is 35.5. The normalized spacial score (nSPS) is 18.1. The van der Waals surface area contributed by atoms with Crippen molar-refractivity contribution in [2.24, 2.45) is 0 Å². The van der Waals surface area contributed by atoms with Crippen LogP contribution in [0, 0.1) is 0 Å². The molecule has 0 unspecified atom stereocenters. The zero-order valence-corrected chi connectivity index (χ0v) is 13.5. The van der Waals surface area contributed by atoms with Gasteiger partial charge in [-0.2, -0.15) is 13.2 Å². The fourth-order valence-corrected chi connectivity index (χ4v) is 3.12. The summed E-state index contributed by atoms with van der Waals surface area (Å²) >= 11 is 1.63. The summed E-state index contributed by atoms with van der Waals surface area (Å²) in [5.41, 5.74) is 0.333. The van der Waals surface area contributed by atoms with E-state index < -0.39 is 12.2 Å². The number of rotatable bonds is 4. The second-order valence-corrected chi connectivity index (χ2v) is 6.07. The number of benzene rings is 1. The quantitative estimate of drug-likeness (QED) is 0.841. The molecule has 1 aliphatic rings. The second-order valence-electron chi connectivity index (χ2n) is 4.73. The van der Waals surface area contributed by atoms with Gasteiger partial charge in [-0.25, -0.2) is 0 Å². The lowest BCUT2D eigenvalue weighted by Crippen LogP contribution is -2.49. The molecule has 0 aromatic heterocycles. The summed E-state index contributed by atoms with van der Waals surface area (Å²) in [5.74, 6) is 0.917. The molecule has 2 nitrogen and oxygen atoms in total. The van der Waals surface area contributed by atoms with Crippen molar-refractivity contribution in [1.82, 2.24) is 10.2 Å². The van der Waals surface area contributed by atoms with Crippen LogP contribution in [0.5, 0.6) is 0 Å². The first-order valence-corrected chi connectivity index (χ1v) is 7.75. The van der Waals surface area contributed by atoms with Crippen molar-refractivity contribution in [1.29, 1.82) is 0 Å². The van der Waals surface area contributed by atoms with Gasteiger partial charge >= 0.3 is 6.18 Å². The first kappa shape index (κ1) is 18.6.